The highest BCUT2D eigenvalue weighted by Gasteiger charge is 2.40. The zero-order valence-electron chi connectivity index (χ0n) is 16.7. The van der Waals surface area contributed by atoms with Crippen LogP contribution in [0.3, 0.4) is 0 Å². The molecule has 1 aromatic heterocycles. The van der Waals surface area contributed by atoms with Crippen LogP contribution < -0.4 is 5.32 Å². The Labute approximate surface area is 183 Å². The van der Waals surface area contributed by atoms with Gasteiger partial charge in [0.15, 0.2) is 0 Å². The standard InChI is InChI=1S/C21H17N5O5S/c1-13(26-19(28)16-5-2-3-6-17(16)20(26)29)18(27)24-14-7-9-15(10-8-14)32(30,31)25-21-22-11-4-12-23-21/h2-13H,1H3,(H2,22,23,24,25,27)/p-1. The fraction of sp³-hybridized carbons (Fsp3) is 0.0952. The molecule has 3 aromatic rings. The van der Waals surface area contributed by atoms with Crippen molar-refractivity contribution in [3.05, 3.63) is 82.8 Å². The molecule has 0 saturated carbocycles. The Balaban J connectivity index is 1.45. The number of sulfonamides is 1. The Hall–Kier alpha value is -4.12. The molecule has 0 saturated heterocycles. The van der Waals surface area contributed by atoms with E-state index in [4.69, 9.17) is 0 Å². The fourth-order valence-corrected chi connectivity index (χ4v) is 4.03. The minimum Gasteiger partial charge on any atom is -0.366 e. The van der Waals surface area contributed by atoms with Crippen molar-refractivity contribution in [1.29, 1.82) is 0 Å². The van der Waals surface area contributed by atoms with E-state index in [1.165, 1.54) is 61.8 Å². The van der Waals surface area contributed by atoms with E-state index in [0.717, 1.165) is 4.90 Å². The Morgan fingerprint density at radius 1 is 0.938 bits per heavy atom. The van der Waals surface area contributed by atoms with Crippen molar-refractivity contribution in [2.75, 3.05) is 5.32 Å². The fourth-order valence-electron chi connectivity index (χ4n) is 3.13. The number of nitrogens with zero attached hydrogens (tertiary/aromatic N) is 4. The Kier molecular flexibility index (Phi) is 5.41. The molecule has 2 heterocycles. The summed E-state index contributed by atoms with van der Waals surface area (Å²) in [7, 11) is -4.04. The normalized spacial score (nSPS) is 14.1. The number of benzene rings is 2. The maximum atomic E-state index is 12.7. The van der Waals surface area contributed by atoms with Gasteiger partial charge in [-0.3, -0.25) is 24.0 Å². The van der Waals surface area contributed by atoms with Gasteiger partial charge in [-0.1, -0.05) is 18.2 Å². The maximum Gasteiger partial charge on any atom is 0.262 e. The van der Waals surface area contributed by atoms with E-state index in [2.05, 4.69) is 20.0 Å². The number of anilines is 1. The average Bonchev–Trinajstić information content (AvgIpc) is 3.04. The second-order valence-corrected chi connectivity index (χ2v) is 8.43. The molecule has 0 aliphatic carbocycles. The van der Waals surface area contributed by atoms with Crippen molar-refractivity contribution in [3.63, 3.8) is 0 Å². The lowest BCUT2D eigenvalue weighted by atomic mass is 10.1. The molecule has 0 fully saturated rings. The SMILES string of the molecule is CC(C(=O)Nc1ccc(S(=O)(=O)[N-]c2ncccn2)cc1)N1C(=O)c2ccccc2C1=O. The lowest BCUT2D eigenvalue weighted by molar-refractivity contribution is -0.119. The van der Waals surface area contributed by atoms with Crippen LogP contribution in [0.1, 0.15) is 27.6 Å². The van der Waals surface area contributed by atoms with E-state index in [9.17, 15) is 22.8 Å². The number of amides is 3. The van der Waals surface area contributed by atoms with Crippen LogP contribution in [0.2, 0.25) is 0 Å². The first-order chi connectivity index (χ1) is 15.3. The first-order valence-electron chi connectivity index (χ1n) is 9.41. The molecule has 0 radical (unpaired) electrons. The van der Waals surface area contributed by atoms with Crippen LogP contribution in [0.4, 0.5) is 11.6 Å². The van der Waals surface area contributed by atoms with E-state index in [1.54, 1.807) is 12.1 Å². The number of imide groups is 1. The summed E-state index contributed by atoms with van der Waals surface area (Å²) in [6, 6.07) is 12.1. The van der Waals surface area contributed by atoms with Gasteiger partial charge in [-0.05, 0) is 55.7 Å². The molecule has 32 heavy (non-hydrogen) atoms. The molecule has 1 atom stereocenters. The topological polar surface area (TPSA) is 140 Å². The van der Waals surface area contributed by atoms with E-state index in [-0.39, 0.29) is 27.7 Å². The van der Waals surface area contributed by atoms with Gasteiger partial charge in [0, 0.05) is 11.6 Å². The molecule has 3 amide bonds. The second-order valence-electron chi connectivity index (χ2n) is 6.83. The van der Waals surface area contributed by atoms with E-state index < -0.39 is 33.8 Å². The summed E-state index contributed by atoms with van der Waals surface area (Å²) in [4.78, 5) is 46.1. The molecule has 1 aliphatic rings. The van der Waals surface area contributed by atoms with E-state index >= 15 is 0 Å². The summed E-state index contributed by atoms with van der Waals surface area (Å²) in [6.07, 6.45) is 2.74. The van der Waals surface area contributed by atoms with Crippen molar-refractivity contribution < 1.29 is 22.8 Å². The number of fused-ring (bicyclic) bond motifs is 1. The molecule has 2 aromatic carbocycles. The smallest absolute Gasteiger partial charge is 0.262 e. The van der Waals surface area contributed by atoms with Crippen molar-refractivity contribution in [1.82, 2.24) is 14.9 Å². The summed E-state index contributed by atoms with van der Waals surface area (Å²) in [5, 5.41) is 2.58. The molecule has 1 aliphatic heterocycles. The van der Waals surface area contributed by atoms with Gasteiger partial charge in [-0.25, -0.2) is 8.42 Å². The second kappa shape index (κ2) is 8.19. The largest absolute Gasteiger partial charge is 0.366 e. The average molecular weight is 450 g/mol. The van der Waals surface area contributed by atoms with Gasteiger partial charge in [-0.2, -0.15) is 0 Å². The Morgan fingerprint density at radius 3 is 2.06 bits per heavy atom. The minimum absolute atomic E-state index is 0.114. The lowest BCUT2D eigenvalue weighted by Crippen LogP contribution is -2.45. The number of hydrogen-bond donors (Lipinski definition) is 1. The molecule has 1 unspecified atom stereocenters. The van der Waals surface area contributed by atoms with Crippen LogP contribution in [0.15, 0.2) is 71.9 Å². The molecule has 10 nitrogen and oxygen atoms in total. The molecule has 1 N–H and O–H groups in total. The van der Waals surface area contributed by atoms with Crippen LogP contribution in [0.25, 0.3) is 4.72 Å². The predicted octanol–water partition coefficient (Wildman–Crippen LogP) is 2.49. The van der Waals surface area contributed by atoms with E-state index in [0.29, 0.717) is 0 Å². The highest BCUT2D eigenvalue weighted by atomic mass is 32.2. The van der Waals surface area contributed by atoms with Crippen LogP contribution >= 0.6 is 0 Å². The highest BCUT2D eigenvalue weighted by Crippen LogP contribution is 2.26. The zero-order chi connectivity index (χ0) is 22.9. The third-order valence-electron chi connectivity index (χ3n) is 4.77. The monoisotopic (exact) mass is 450 g/mol. The molecular weight excluding hydrogens is 434 g/mol. The van der Waals surface area contributed by atoms with Crippen molar-refractivity contribution in [2.45, 2.75) is 17.9 Å². The summed E-state index contributed by atoms with van der Waals surface area (Å²) in [5.74, 6) is -1.88. The van der Waals surface area contributed by atoms with Gasteiger partial charge in [0.1, 0.15) is 6.04 Å². The maximum absolute atomic E-state index is 12.7. The van der Waals surface area contributed by atoms with Gasteiger partial charge in [-0.15, -0.1) is 0 Å². The molecular formula is C21H16N5O5S-. The number of rotatable bonds is 6. The van der Waals surface area contributed by atoms with Crippen LogP contribution in [-0.4, -0.2) is 47.0 Å². The summed E-state index contributed by atoms with van der Waals surface area (Å²) in [5.41, 5.74) is 0.782. The van der Waals surface area contributed by atoms with Gasteiger partial charge in [0.25, 0.3) is 11.8 Å². The predicted molar refractivity (Wildman–Crippen MR) is 114 cm³/mol. The Bertz CT molecular complexity index is 1270. The molecule has 0 spiro atoms. The summed E-state index contributed by atoms with van der Waals surface area (Å²) < 4.78 is 28.3. The van der Waals surface area contributed by atoms with E-state index in [1.807, 2.05) is 0 Å². The van der Waals surface area contributed by atoms with Crippen LogP contribution in [-0.2, 0) is 14.8 Å². The number of carbonyl (C=O) groups is 3. The summed E-state index contributed by atoms with van der Waals surface area (Å²) in [6.45, 7) is 1.44. The molecule has 11 heteroatoms. The highest BCUT2D eigenvalue weighted by molar-refractivity contribution is 7.94. The lowest BCUT2D eigenvalue weighted by Gasteiger charge is -2.21. The number of hydrogen-bond acceptors (Lipinski definition) is 7. The van der Waals surface area contributed by atoms with Crippen molar-refractivity contribution in [3.8, 4) is 0 Å². The number of nitrogens with one attached hydrogen (secondary N) is 1. The Morgan fingerprint density at radius 2 is 1.50 bits per heavy atom. The quantitative estimate of drug-likeness (QED) is 0.569. The van der Waals surface area contributed by atoms with Gasteiger partial charge in [0.2, 0.25) is 15.9 Å². The van der Waals surface area contributed by atoms with Crippen LogP contribution in [0, 0.1) is 0 Å². The van der Waals surface area contributed by atoms with Gasteiger partial charge in [0.05, 0.1) is 16.0 Å². The zero-order valence-corrected chi connectivity index (χ0v) is 17.5. The van der Waals surface area contributed by atoms with Crippen molar-refractivity contribution >= 4 is 39.4 Å². The molecule has 0 bridgehead atoms. The summed E-state index contributed by atoms with van der Waals surface area (Å²) >= 11 is 0. The first-order valence-corrected chi connectivity index (χ1v) is 10.8. The van der Waals surface area contributed by atoms with Crippen LogP contribution in [0.5, 0.6) is 0 Å². The third-order valence-corrected chi connectivity index (χ3v) is 6.04. The molecule has 162 valence electrons. The molecule has 4 rings (SSSR count). The minimum atomic E-state index is -4.04. The number of carbonyl (C=O) groups excluding carboxylic acids is 3. The first kappa shape index (κ1) is 21.1. The third kappa shape index (κ3) is 3.93. The number of aromatic nitrogens is 2. The van der Waals surface area contributed by atoms with Crippen molar-refractivity contribution in [2.24, 2.45) is 0 Å². The van der Waals surface area contributed by atoms with Gasteiger partial charge >= 0.3 is 0 Å². The van der Waals surface area contributed by atoms with Gasteiger partial charge < -0.3 is 15.3 Å².